The average molecular weight is 522 g/mol. The molecule has 10 heteroatoms. The van der Waals surface area contributed by atoms with Crippen molar-refractivity contribution in [2.24, 2.45) is 4.99 Å². The highest BCUT2D eigenvalue weighted by Crippen LogP contribution is 2.34. The van der Waals surface area contributed by atoms with Crippen LogP contribution in [0.2, 0.25) is 0 Å². The Kier molecular flexibility index (Phi) is 6.83. The lowest BCUT2D eigenvalue weighted by atomic mass is 10.1. The van der Waals surface area contributed by atoms with Crippen molar-refractivity contribution in [1.82, 2.24) is 19.0 Å². The van der Waals surface area contributed by atoms with Gasteiger partial charge in [0.1, 0.15) is 0 Å². The number of carbonyl (C=O) groups is 1. The number of benzene rings is 2. The molecule has 0 saturated carbocycles. The molecule has 0 atom stereocenters. The number of carbonyl (C=O) groups excluding carboxylic acids is 1. The Bertz CT molecular complexity index is 1440. The molecule has 5 rings (SSSR count). The predicted octanol–water partition coefficient (Wildman–Crippen LogP) is 4.25. The molecule has 3 aromatic rings. The lowest BCUT2D eigenvalue weighted by molar-refractivity contribution is -0.113. The van der Waals surface area contributed by atoms with Crippen LogP contribution in [0.1, 0.15) is 24.8 Å². The highest BCUT2D eigenvalue weighted by molar-refractivity contribution is 8.18. The van der Waals surface area contributed by atoms with Crippen molar-refractivity contribution in [2.75, 3.05) is 27.2 Å². The third kappa shape index (κ3) is 4.88. The first-order valence-corrected chi connectivity index (χ1v) is 14.0. The van der Waals surface area contributed by atoms with Gasteiger partial charge in [-0.05, 0) is 61.4 Å². The second-order valence-electron chi connectivity index (χ2n) is 8.88. The first-order chi connectivity index (χ1) is 17.3. The Morgan fingerprint density at radius 3 is 2.33 bits per heavy atom. The third-order valence-electron chi connectivity index (χ3n) is 6.19. The van der Waals surface area contributed by atoms with E-state index < -0.39 is 10.0 Å². The Hall–Kier alpha value is -3.21. The summed E-state index contributed by atoms with van der Waals surface area (Å²) in [6.45, 7) is 1.84. The lowest BCUT2D eigenvalue weighted by Crippen LogP contribution is -2.33. The molecule has 1 saturated heterocycles. The molecular weight excluding hydrogens is 494 g/mol. The SMILES string of the molecule is CN(C)S(=O)(=O)c1ccc(-c2nn(-c3ccccc3)cc2C=C2SC(N3CCCCC3)=NC2=O)cc1. The predicted molar refractivity (Wildman–Crippen MR) is 143 cm³/mol. The second kappa shape index (κ2) is 10.0. The van der Waals surface area contributed by atoms with E-state index in [9.17, 15) is 13.2 Å². The van der Waals surface area contributed by atoms with Crippen LogP contribution in [0.15, 0.2) is 75.6 Å². The monoisotopic (exact) mass is 521 g/mol. The van der Waals surface area contributed by atoms with Crippen LogP contribution < -0.4 is 0 Å². The number of aliphatic imine (C=N–C) groups is 1. The summed E-state index contributed by atoms with van der Waals surface area (Å²) in [6.07, 6.45) is 7.15. The molecule has 0 radical (unpaired) electrons. The number of aromatic nitrogens is 2. The van der Waals surface area contributed by atoms with Gasteiger partial charge >= 0.3 is 0 Å². The number of para-hydroxylation sites is 1. The summed E-state index contributed by atoms with van der Waals surface area (Å²) in [5, 5.41) is 5.56. The molecule has 2 aliphatic rings. The van der Waals surface area contributed by atoms with E-state index in [0.29, 0.717) is 10.6 Å². The number of likely N-dealkylation sites (tertiary alicyclic amines) is 1. The molecular formula is C26H27N5O3S2. The molecule has 3 heterocycles. The van der Waals surface area contributed by atoms with Gasteiger partial charge in [0.25, 0.3) is 5.91 Å². The molecule has 0 bridgehead atoms. The molecule has 0 N–H and O–H groups in total. The van der Waals surface area contributed by atoms with Gasteiger partial charge in [-0.15, -0.1) is 0 Å². The Balaban J connectivity index is 1.52. The van der Waals surface area contributed by atoms with Crippen molar-refractivity contribution in [2.45, 2.75) is 24.2 Å². The van der Waals surface area contributed by atoms with Gasteiger partial charge < -0.3 is 4.90 Å². The van der Waals surface area contributed by atoms with E-state index >= 15 is 0 Å². The molecule has 0 unspecified atom stereocenters. The molecule has 36 heavy (non-hydrogen) atoms. The summed E-state index contributed by atoms with van der Waals surface area (Å²) >= 11 is 1.40. The minimum atomic E-state index is -3.54. The van der Waals surface area contributed by atoms with E-state index in [2.05, 4.69) is 9.89 Å². The third-order valence-corrected chi connectivity index (χ3v) is 9.07. The van der Waals surface area contributed by atoms with Crippen LogP contribution in [0.25, 0.3) is 23.0 Å². The molecule has 1 aromatic heterocycles. The van der Waals surface area contributed by atoms with E-state index in [1.54, 1.807) is 28.9 Å². The maximum Gasteiger partial charge on any atom is 0.286 e. The number of hydrogen-bond donors (Lipinski definition) is 0. The fourth-order valence-electron chi connectivity index (χ4n) is 4.19. The molecule has 1 fully saturated rings. The van der Waals surface area contributed by atoms with Crippen LogP contribution in [0, 0.1) is 0 Å². The van der Waals surface area contributed by atoms with Crippen LogP contribution in [-0.2, 0) is 14.8 Å². The van der Waals surface area contributed by atoms with Crippen molar-refractivity contribution >= 4 is 38.9 Å². The molecule has 0 spiro atoms. The van der Waals surface area contributed by atoms with Gasteiger partial charge in [-0.25, -0.2) is 17.4 Å². The fourth-order valence-corrected chi connectivity index (χ4v) is 6.04. The highest BCUT2D eigenvalue weighted by Gasteiger charge is 2.28. The summed E-state index contributed by atoms with van der Waals surface area (Å²) in [5.41, 5.74) is 3.04. The number of rotatable bonds is 5. The van der Waals surface area contributed by atoms with E-state index in [1.165, 1.54) is 36.6 Å². The number of piperidine rings is 1. The van der Waals surface area contributed by atoms with Gasteiger partial charge in [-0.2, -0.15) is 10.1 Å². The largest absolute Gasteiger partial charge is 0.351 e. The summed E-state index contributed by atoms with van der Waals surface area (Å²) < 4.78 is 28.0. The number of sulfonamides is 1. The van der Waals surface area contributed by atoms with E-state index in [-0.39, 0.29) is 10.8 Å². The Morgan fingerprint density at radius 2 is 1.67 bits per heavy atom. The Labute approximate surface area is 215 Å². The molecule has 186 valence electrons. The average Bonchev–Trinajstić information content (AvgIpc) is 3.49. The number of amides is 1. The minimum absolute atomic E-state index is 0.208. The zero-order chi connectivity index (χ0) is 25.3. The van der Waals surface area contributed by atoms with Gasteiger partial charge in [-0.1, -0.05) is 30.3 Å². The minimum Gasteiger partial charge on any atom is -0.351 e. The maximum absolute atomic E-state index is 12.8. The first kappa shape index (κ1) is 24.5. The number of thioether (sulfide) groups is 1. The van der Waals surface area contributed by atoms with E-state index in [4.69, 9.17) is 5.10 Å². The number of amidine groups is 1. The first-order valence-electron chi connectivity index (χ1n) is 11.8. The van der Waals surface area contributed by atoms with Crippen molar-refractivity contribution in [3.05, 3.63) is 71.3 Å². The summed E-state index contributed by atoms with van der Waals surface area (Å²) in [7, 11) is -0.528. The topological polar surface area (TPSA) is 87.9 Å². The van der Waals surface area contributed by atoms with Crippen molar-refractivity contribution in [3.63, 3.8) is 0 Å². The summed E-state index contributed by atoms with van der Waals surface area (Å²) in [4.78, 5) is 20.0. The number of hydrogen-bond acceptors (Lipinski definition) is 6. The molecule has 1 amide bonds. The van der Waals surface area contributed by atoms with Gasteiger partial charge in [0.15, 0.2) is 5.17 Å². The molecule has 2 aromatic carbocycles. The van der Waals surface area contributed by atoms with E-state index in [0.717, 1.165) is 47.9 Å². The molecule has 8 nitrogen and oxygen atoms in total. The van der Waals surface area contributed by atoms with Gasteiger partial charge in [-0.3, -0.25) is 4.79 Å². The smallest absolute Gasteiger partial charge is 0.286 e. The summed E-state index contributed by atoms with van der Waals surface area (Å²) in [6, 6.07) is 16.4. The van der Waals surface area contributed by atoms with Crippen LogP contribution in [0.3, 0.4) is 0 Å². The van der Waals surface area contributed by atoms with Gasteiger partial charge in [0.05, 0.1) is 21.2 Å². The standard InChI is InChI=1S/C26H27N5O3S2/c1-29(2)36(33,34)22-13-11-19(12-14-22)24-20(18-31(28-24)21-9-5-3-6-10-21)17-23-25(32)27-26(35-23)30-15-7-4-8-16-30/h3,5-6,9-14,17-18H,4,7-8,15-16H2,1-2H3. The zero-order valence-electron chi connectivity index (χ0n) is 20.2. The number of nitrogens with zero attached hydrogens (tertiary/aromatic N) is 5. The second-order valence-corrected chi connectivity index (χ2v) is 12.0. The van der Waals surface area contributed by atoms with Gasteiger partial charge in [0, 0.05) is 44.5 Å². The fraction of sp³-hybridized carbons (Fsp3) is 0.269. The van der Waals surface area contributed by atoms with Crippen molar-refractivity contribution < 1.29 is 13.2 Å². The van der Waals surface area contributed by atoms with Crippen LogP contribution in [0.4, 0.5) is 0 Å². The Morgan fingerprint density at radius 1 is 0.972 bits per heavy atom. The maximum atomic E-state index is 12.8. The quantitative estimate of drug-likeness (QED) is 0.467. The molecule has 0 aliphatic carbocycles. The normalized spacial score (nSPS) is 17.8. The van der Waals surface area contributed by atoms with Crippen molar-refractivity contribution in [3.8, 4) is 16.9 Å². The molecule has 2 aliphatic heterocycles. The van der Waals surface area contributed by atoms with Crippen LogP contribution in [-0.4, -0.2) is 65.7 Å². The zero-order valence-corrected chi connectivity index (χ0v) is 21.8. The highest BCUT2D eigenvalue weighted by atomic mass is 32.2. The summed E-state index contributed by atoms with van der Waals surface area (Å²) in [5.74, 6) is -0.244. The van der Waals surface area contributed by atoms with Gasteiger partial charge in [0.2, 0.25) is 10.0 Å². The van der Waals surface area contributed by atoms with Crippen molar-refractivity contribution in [1.29, 1.82) is 0 Å². The van der Waals surface area contributed by atoms with E-state index in [1.807, 2.05) is 42.6 Å². The van der Waals surface area contributed by atoms with Crippen LogP contribution >= 0.6 is 11.8 Å². The lowest BCUT2D eigenvalue weighted by Gasteiger charge is -2.27. The van der Waals surface area contributed by atoms with Crippen LogP contribution in [0.5, 0.6) is 0 Å².